The van der Waals surface area contributed by atoms with E-state index in [1.807, 2.05) is 18.2 Å². The number of primary amides is 1. The van der Waals surface area contributed by atoms with Gasteiger partial charge in [0.2, 0.25) is 0 Å². The molecule has 7 nitrogen and oxygen atoms in total. The maximum Gasteiger partial charge on any atom is 0.262 e. The minimum Gasteiger partial charge on any atom is -0.507 e. The molecule has 1 aliphatic carbocycles. The van der Waals surface area contributed by atoms with E-state index >= 15 is 0 Å². The quantitative estimate of drug-likeness (QED) is 0.477. The highest BCUT2D eigenvalue weighted by molar-refractivity contribution is 5.96. The minimum absolute atomic E-state index is 0.0650. The number of piperidine rings is 1. The Morgan fingerprint density at radius 2 is 2.06 bits per heavy atom. The van der Waals surface area contributed by atoms with Gasteiger partial charge < -0.3 is 21.1 Å². The summed E-state index contributed by atoms with van der Waals surface area (Å²) >= 11 is 0. The SMILES string of the molecule is NC(=O)c1cc2c(C3CCCNC3)cc(-c3c(O)cccc3CCC3CC3)nc2[nH]c1=O. The van der Waals surface area contributed by atoms with Gasteiger partial charge in [-0.05, 0) is 73.4 Å². The van der Waals surface area contributed by atoms with E-state index in [2.05, 4.69) is 10.3 Å². The lowest BCUT2D eigenvalue weighted by Crippen LogP contribution is -2.29. The van der Waals surface area contributed by atoms with Crippen molar-refractivity contribution in [3.63, 3.8) is 0 Å². The van der Waals surface area contributed by atoms with Gasteiger partial charge in [0.15, 0.2) is 0 Å². The molecule has 5 rings (SSSR count). The van der Waals surface area contributed by atoms with Crippen LogP contribution in [0.25, 0.3) is 22.3 Å². The maximum atomic E-state index is 12.5. The van der Waals surface area contributed by atoms with Crippen LogP contribution in [0, 0.1) is 5.92 Å². The molecular weight excluding hydrogens is 404 g/mol. The van der Waals surface area contributed by atoms with Crippen LogP contribution in [0.4, 0.5) is 0 Å². The third kappa shape index (κ3) is 4.00. The minimum atomic E-state index is -0.756. The van der Waals surface area contributed by atoms with E-state index in [1.165, 1.54) is 12.8 Å². The number of hydrogen-bond acceptors (Lipinski definition) is 5. The average molecular weight is 433 g/mol. The summed E-state index contributed by atoms with van der Waals surface area (Å²) in [5.74, 6) is 0.421. The van der Waals surface area contributed by atoms with Crippen LogP contribution in [-0.2, 0) is 6.42 Å². The van der Waals surface area contributed by atoms with Gasteiger partial charge in [0.25, 0.3) is 11.5 Å². The fourth-order valence-electron chi connectivity index (χ4n) is 4.83. The molecule has 1 saturated carbocycles. The molecule has 3 aromatic rings. The van der Waals surface area contributed by atoms with Crippen molar-refractivity contribution in [2.45, 2.75) is 44.4 Å². The van der Waals surface area contributed by atoms with Crippen LogP contribution in [0.5, 0.6) is 5.75 Å². The molecule has 0 radical (unpaired) electrons. The van der Waals surface area contributed by atoms with Crippen molar-refractivity contribution in [2.24, 2.45) is 11.7 Å². The zero-order valence-corrected chi connectivity index (χ0v) is 18.0. The summed E-state index contributed by atoms with van der Waals surface area (Å²) < 4.78 is 0. The zero-order valence-electron chi connectivity index (χ0n) is 18.0. The topological polar surface area (TPSA) is 121 Å². The normalized spacial score (nSPS) is 18.7. The second kappa shape index (κ2) is 8.39. The number of nitrogens with two attached hydrogens (primary N) is 1. The largest absolute Gasteiger partial charge is 0.507 e. The Morgan fingerprint density at radius 3 is 2.78 bits per heavy atom. The van der Waals surface area contributed by atoms with Gasteiger partial charge in [-0.2, -0.15) is 0 Å². The van der Waals surface area contributed by atoms with Crippen molar-refractivity contribution < 1.29 is 9.90 Å². The van der Waals surface area contributed by atoms with Crippen LogP contribution in [0.3, 0.4) is 0 Å². The first-order valence-electron chi connectivity index (χ1n) is 11.4. The van der Waals surface area contributed by atoms with Gasteiger partial charge in [-0.15, -0.1) is 0 Å². The molecule has 1 amide bonds. The van der Waals surface area contributed by atoms with Gasteiger partial charge in [0.05, 0.1) is 5.69 Å². The second-order valence-corrected chi connectivity index (χ2v) is 9.07. The third-order valence-electron chi connectivity index (χ3n) is 6.76. The third-order valence-corrected chi connectivity index (χ3v) is 6.76. The predicted molar refractivity (Wildman–Crippen MR) is 124 cm³/mol. The number of nitrogens with zero attached hydrogens (tertiary/aromatic N) is 1. The maximum absolute atomic E-state index is 12.5. The molecule has 7 heteroatoms. The van der Waals surface area contributed by atoms with Gasteiger partial charge in [-0.3, -0.25) is 9.59 Å². The summed E-state index contributed by atoms with van der Waals surface area (Å²) in [6.45, 7) is 1.78. The monoisotopic (exact) mass is 432 g/mol. The van der Waals surface area contributed by atoms with Crippen molar-refractivity contribution in [3.8, 4) is 17.0 Å². The Morgan fingerprint density at radius 1 is 1.22 bits per heavy atom. The van der Waals surface area contributed by atoms with Crippen LogP contribution in [0.2, 0.25) is 0 Å². The smallest absolute Gasteiger partial charge is 0.262 e. The molecule has 0 bridgehead atoms. The van der Waals surface area contributed by atoms with Gasteiger partial charge >= 0.3 is 0 Å². The highest BCUT2D eigenvalue weighted by Crippen LogP contribution is 2.39. The standard InChI is InChI=1S/C25H28N4O3/c26-23(31)19-11-18-17(16-4-2-10-27-13-16)12-20(28-24(18)29-25(19)32)22-15(3-1-5-21(22)30)9-8-14-6-7-14/h1,3,5,11-12,14,16,27,30H,2,4,6-10,13H2,(H2,26,31)(H,28,29,32). The van der Waals surface area contributed by atoms with E-state index in [4.69, 9.17) is 10.7 Å². The molecule has 1 aliphatic heterocycles. The number of amides is 1. The molecule has 2 aromatic heterocycles. The Balaban J connectivity index is 1.70. The fraction of sp³-hybridized carbons (Fsp3) is 0.400. The number of fused-ring (bicyclic) bond motifs is 1. The molecule has 1 aromatic carbocycles. The van der Waals surface area contributed by atoms with E-state index in [0.717, 1.165) is 66.8 Å². The van der Waals surface area contributed by atoms with Crippen molar-refractivity contribution in [1.82, 2.24) is 15.3 Å². The summed E-state index contributed by atoms with van der Waals surface area (Å²) in [5.41, 5.74) is 8.67. The highest BCUT2D eigenvalue weighted by atomic mass is 16.3. The first-order chi connectivity index (χ1) is 15.5. The molecule has 32 heavy (non-hydrogen) atoms. The van der Waals surface area contributed by atoms with Crippen LogP contribution >= 0.6 is 0 Å². The van der Waals surface area contributed by atoms with E-state index in [9.17, 15) is 14.7 Å². The van der Waals surface area contributed by atoms with Crippen LogP contribution in [0.1, 0.15) is 59.5 Å². The van der Waals surface area contributed by atoms with Crippen molar-refractivity contribution >= 4 is 16.9 Å². The Labute approximate surface area is 186 Å². The molecule has 1 unspecified atom stereocenters. The number of carbonyl (C=O) groups is 1. The van der Waals surface area contributed by atoms with Crippen LogP contribution in [0.15, 0.2) is 35.1 Å². The number of phenols is 1. The number of aromatic hydroxyl groups is 1. The van der Waals surface area contributed by atoms with Gasteiger partial charge in [0.1, 0.15) is 17.0 Å². The van der Waals surface area contributed by atoms with Gasteiger partial charge in [0, 0.05) is 17.5 Å². The van der Waals surface area contributed by atoms with Crippen molar-refractivity contribution in [2.75, 3.05) is 13.1 Å². The Kier molecular flexibility index (Phi) is 5.43. The Hall–Kier alpha value is -3.19. The molecule has 3 heterocycles. The van der Waals surface area contributed by atoms with E-state index < -0.39 is 11.5 Å². The van der Waals surface area contributed by atoms with Gasteiger partial charge in [-0.25, -0.2) is 4.98 Å². The number of H-pyrrole nitrogens is 1. The number of carbonyl (C=O) groups excluding carboxylic acids is 1. The van der Waals surface area contributed by atoms with Crippen molar-refractivity contribution in [3.05, 3.63) is 57.4 Å². The number of pyridine rings is 2. The summed E-state index contributed by atoms with van der Waals surface area (Å²) in [5, 5.41) is 14.9. The van der Waals surface area contributed by atoms with E-state index in [1.54, 1.807) is 12.1 Å². The average Bonchev–Trinajstić information content (AvgIpc) is 3.61. The molecule has 1 saturated heterocycles. The number of benzene rings is 1. The Bertz CT molecular complexity index is 1240. The highest BCUT2D eigenvalue weighted by Gasteiger charge is 2.24. The number of hydrogen-bond donors (Lipinski definition) is 4. The lowest BCUT2D eigenvalue weighted by atomic mass is 9.87. The summed E-state index contributed by atoms with van der Waals surface area (Å²) in [4.78, 5) is 31.8. The molecule has 1 atom stereocenters. The number of aryl methyl sites for hydroxylation is 1. The van der Waals surface area contributed by atoms with Crippen molar-refractivity contribution in [1.29, 1.82) is 0 Å². The molecule has 166 valence electrons. The summed E-state index contributed by atoms with van der Waals surface area (Å²) in [6.07, 6.45) is 6.58. The fourth-order valence-corrected chi connectivity index (χ4v) is 4.83. The number of phenolic OH excluding ortho intramolecular Hbond substituents is 1. The lowest BCUT2D eigenvalue weighted by molar-refractivity contribution is 0.0999. The zero-order chi connectivity index (χ0) is 22.2. The molecule has 0 spiro atoms. The predicted octanol–water partition coefficient (Wildman–Crippen LogP) is 3.20. The van der Waals surface area contributed by atoms with Gasteiger partial charge in [-0.1, -0.05) is 25.0 Å². The van der Waals surface area contributed by atoms with E-state index in [-0.39, 0.29) is 17.2 Å². The molecule has 2 aliphatic rings. The molecule has 2 fully saturated rings. The number of nitrogens with one attached hydrogen (secondary N) is 2. The van der Waals surface area contributed by atoms with Crippen LogP contribution in [-0.4, -0.2) is 34.1 Å². The van der Waals surface area contributed by atoms with Crippen LogP contribution < -0.4 is 16.6 Å². The number of rotatable bonds is 6. The first-order valence-corrected chi connectivity index (χ1v) is 11.4. The lowest BCUT2D eigenvalue weighted by Gasteiger charge is -2.25. The summed E-state index contributed by atoms with van der Waals surface area (Å²) in [6, 6.07) is 9.18. The number of aromatic amines is 1. The molecule has 5 N–H and O–H groups in total. The number of aromatic nitrogens is 2. The summed E-state index contributed by atoms with van der Waals surface area (Å²) in [7, 11) is 0. The van der Waals surface area contributed by atoms with E-state index in [0.29, 0.717) is 11.3 Å². The first kappa shape index (κ1) is 20.7. The molecular formula is C25H28N4O3. The second-order valence-electron chi connectivity index (χ2n) is 9.07.